The number of methoxy groups -OCH3 is 1. The Kier molecular flexibility index (Phi) is 6.49. The zero-order valence-electron chi connectivity index (χ0n) is 16.0. The molecular weight excluding hydrogens is 378 g/mol. The van der Waals surface area contributed by atoms with E-state index in [2.05, 4.69) is 20.5 Å². The summed E-state index contributed by atoms with van der Waals surface area (Å²) in [5.41, 5.74) is 3.66. The van der Waals surface area contributed by atoms with Gasteiger partial charge in [-0.25, -0.2) is 4.98 Å². The molecule has 1 aromatic carbocycles. The third kappa shape index (κ3) is 4.43. The zero-order valence-corrected chi connectivity index (χ0v) is 16.8. The summed E-state index contributed by atoms with van der Waals surface area (Å²) >= 11 is 0. The monoisotopic (exact) mass is 401 g/mol. The van der Waals surface area contributed by atoms with E-state index in [1.807, 2.05) is 48.0 Å². The lowest BCUT2D eigenvalue weighted by Crippen LogP contribution is -2.28. The van der Waals surface area contributed by atoms with Gasteiger partial charge in [0.05, 0.1) is 30.5 Å². The van der Waals surface area contributed by atoms with Crippen molar-refractivity contribution in [1.29, 1.82) is 0 Å². The molecule has 0 unspecified atom stereocenters. The summed E-state index contributed by atoms with van der Waals surface area (Å²) in [4.78, 5) is 4.28. The Balaban J connectivity index is 0.00000225. The smallest absolute Gasteiger partial charge is 0.148 e. The van der Waals surface area contributed by atoms with Crippen molar-refractivity contribution < 1.29 is 9.47 Å². The Morgan fingerprint density at radius 2 is 1.96 bits per heavy atom. The molecular formula is C20H24ClN5O2. The molecule has 0 aliphatic carbocycles. The topological polar surface area (TPSA) is 74.1 Å². The first kappa shape index (κ1) is 20.1. The van der Waals surface area contributed by atoms with Crippen LogP contribution in [0.4, 0.5) is 5.82 Å². The van der Waals surface area contributed by atoms with E-state index in [0.29, 0.717) is 6.04 Å². The SMILES string of the molecule is COc1cc(-c2ccc(NC3CCOCC3)nn2)ccc1-n1cnc(C)c1.Cl. The number of ether oxygens (including phenoxy) is 2. The van der Waals surface area contributed by atoms with Gasteiger partial charge >= 0.3 is 0 Å². The first-order valence-corrected chi connectivity index (χ1v) is 9.10. The van der Waals surface area contributed by atoms with E-state index in [1.165, 1.54) is 0 Å². The van der Waals surface area contributed by atoms with Gasteiger partial charge in [-0.2, -0.15) is 0 Å². The number of aryl methyl sites for hydroxylation is 1. The minimum Gasteiger partial charge on any atom is -0.495 e. The fraction of sp³-hybridized carbons (Fsp3) is 0.350. The maximum atomic E-state index is 5.57. The Labute approximate surface area is 170 Å². The highest BCUT2D eigenvalue weighted by Crippen LogP contribution is 2.29. The van der Waals surface area contributed by atoms with Gasteiger partial charge in [-0.15, -0.1) is 22.6 Å². The van der Waals surface area contributed by atoms with Crippen molar-refractivity contribution in [2.24, 2.45) is 0 Å². The lowest BCUT2D eigenvalue weighted by Gasteiger charge is -2.23. The number of anilines is 1. The average molecular weight is 402 g/mol. The number of rotatable bonds is 5. The molecule has 1 aliphatic heterocycles. The van der Waals surface area contributed by atoms with Gasteiger partial charge in [0.25, 0.3) is 0 Å². The van der Waals surface area contributed by atoms with Gasteiger partial charge in [0.15, 0.2) is 0 Å². The van der Waals surface area contributed by atoms with Gasteiger partial charge in [-0.3, -0.25) is 0 Å². The molecule has 3 heterocycles. The van der Waals surface area contributed by atoms with Crippen LogP contribution in [0.5, 0.6) is 5.75 Å². The van der Waals surface area contributed by atoms with E-state index in [4.69, 9.17) is 9.47 Å². The Hall–Kier alpha value is -2.64. The summed E-state index contributed by atoms with van der Waals surface area (Å²) in [6, 6.07) is 10.3. The largest absolute Gasteiger partial charge is 0.495 e. The predicted molar refractivity (Wildman–Crippen MR) is 111 cm³/mol. The van der Waals surface area contributed by atoms with Gasteiger partial charge in [0.2, 0.25) is 0 Å². The maximum Gasteiger partial charge on any atom is 0.148 e. The summed E-state index contributed by atoms with van der Waals surface area (Å²) < 4.78 is 12.9. The summed E-state index contributed by atoms with van der Waals surface area (Å²) in [5, 5.41) is 12.1. The second-order valence-corrected chi connectivity index (χ2v) is 6.64. The Morgan fingerprint density at radius 1 is 1.14 bits per heavy atom. The number of benzene rings is 1. The molecule has 7 nitrogen and oxygen atoms in total. The number of hydrogen-bond acceptors (Lipinski definition) is 6. The molecule has 148 valence electrons. The molecule has 0 atom stereocenters. The number of halogens is 1. The second kappa shape index (κ2) is 9.03. The number of nitrogens with one attached hydrogen (secondary N) is 1. The van der Waals surface area contributed by atoms with E-state index in [0.717, 1.165) is 60.3 Å². The summed E-state index contributed by atoms with van der Waals surface area (Å²) in [7, 11) is 1.67. The molecule has 2 aromatic heterocycles. The van der Waals surface area contributed by atoms with Crippen molar-refractivity contribution in [3.05, 3.63) is 48.5 Å². The van der Waals surface area contributed by atoms with Gasteiger partial charge in [-0.1, -0.05) is 6.07 Å². The Morgan fingerprint density at radius 3 is 2.61 bits per heavy atom. The van der Waals surface area contributed by atoms with Crippen LogP contribution in [0, 0.1) is 6.92 Å². The molecule has 0 amide bonds. The van der Waals surface area contributed by atoms with Crippen LogP contribution in [0.1, 0.15) is 18.5 Å². The van der Waals surface area contributed by atoms with Crippen LogP contribution in [0.25, 0.3) is 16.9 Å². The number of nitrogens with zero attached hydrogens (tertiary/aromatic N) is 4. The van der Waals surface area contributed by atoms with Crippen molar-refractivity contribution in [1.82, 2.24) is 19.7 Å². The number of hydrogen-bond donors (Lipinski definition) is 1. The van der Waals surface area contributed by atoms with E-state index >= 15 is 0 Å². The minimum atomic E-state index is 0. The van der Waals surface area contributed by atoms with Crippen LogP contribution in [0.2, 0.25) is 0 Å². The van der Waals surface area contributed by atoms with Crippen LogP contribution in [0.3, 0.4) is 0 Å². The highest BCUT2D eigenvalue weighted by Gasteiger charge is 2.14. The lowest BCUT2D eigenvalue weighted by molar-refractivity contribution is 0.0903. The van der Waals surface area contributed by atoms with Crippen molar-refractivity contribution in [2.45, 2.75) is 25.8 Å². The summed E-state index contributed by atoms with van der Waals surface area (Å²) in [6.45, 7) is 3.56. The molecule has 1 N–H and O–H groups in total. The van der Waals surface area contributed by atoms with Gasteiger partial charge in [-0.05, 0) is 44.0 Å². The summed E-state index contributed by atoms with van der Waals surface area (Å²) in [5.74, 6) is 1.55. The lowest BCUT2D eigenvalue weighted by atomic mass is 10.1. The standard InChI is InChI=1S/C20H23N5O2.ClH/c1-14-12-25(13-21-14)18-5-3-15(11-19(18)26-2)17-4-6-20(24-23-17)22-16-7-9-27-10-8-16;/h3-6,11-13,16H,7-10H2,1-2H3,(H,22,24);1H. The van der Waals surface area contributed by atoms with E-state index in [9.17, 15) is 0 Å². The fourth-order valence-corrected chi connectivity index (χ4v) is 3.22. The molecule has 0 spiro atoms. The van der Waals surface area contributed by atoms with Crippen LogP contribution in [-0.4, -0.2) is 46.1 Å². The number of aromatic nitrogens is 4. The van der Waals surface area contributed by atoms with Gasteiger partial charge in [0.1, 0.15) is 11.6 Å². The molecule has 1 fully saturated rings. The van der Waals surface area contributed by atoms with Crippen LogP contribution >= 0.6 is 12.4 Å². The normalized spacial score (nSPS) is 14.4. The first-order chi connectivity index (χ1) is 13.2. The van der Waals surface area contributed by atoms with Gasteiger partial charge < -0.3 is 19.4 Å². The third-order valence-corrected chi connectivity index (χ3v) is 4.70. The van der Waals surface area contributed by atoms with Crippen LogP contribution < -0.4 is 10.1 Å². The summed E-state index contributed by atoms with van der Waals surface area (Å²) in [6.07, 6.45) is 5.74. The van der Waals surface area contributed by atoms with E-state index < -0.39 is 0 Å². The molecule has 0 saturated carbocycles. The van der Waals surface area contributed by atoms with Crippen molar-refractivity contribution in [2.75, 3.05) is 25.6 Å². The predicted octanol–water partition coefficient (Wildman–Crippen LogP) is 3.66. The quantitative estimate of drug-likeness (QED) is 0.703. The highest BCUT2D eigenvalue weighted by atomic mass is 35.5. The van der Waals surface area contributed by atoms with Crippen LogP contribution in [-0.2, 0) is 4.74 Å². The fourth-order valence-electron chi connectivity index (χ4n) is 3.22. The molecule has 4 rings (SSSR count). The van der Waals surface area contributed by atoms with Crippen molar-refractivity contribution in [3.8, 4) is 22.7 Å². The molecule has 1 aliphatic rings. The van der Waals surface area contributed by atoms with E-state index in [-0.39, 0.29) is 12.4 Å². The third-order valence-electron chi connectivity index (χ3n) is 4.70. The molecule has 0 bridgehead atoms. The molecule has 0 radical (unpaired) electrons. The number of imidazole rings is 1. The molecule has 8 heteroatoms. The van der Waals surface area contributed by atoms with Gasteiger partial charge in [0, 0.05) is 31.0 Å². The average Bonchev–Trinajstić information content (AvgIpc) is 3.15. The van der Waals surface area contributed by atoms with Crippen LogP contribution in [0.15, 0.2) is 42.9 Å². The second-order valence-electron chi connectivity index (χ2n) is 6.64. The molecule has 1 saturated heterocycles. The van der Waals surface area contributed by atoms with E-state index in [1.54, 1.807) is 13.4 Å². The molecule has 28 heavy (non-hydrogen) atoms. The first-order valence-electron chi connectivity index (χ1n) is 9.10. The highest BCUT2D eigenvalue weighted by molar-refractivity contribution is 5.85. The van der Waals surface area contributed by atoms with Crippen molar-refractivity contribution >= 4 is 18.2 Å². The molecule has 3 aromatic rings. The Bertz CT molecular complexity index is 907. The van der Waals surface area contributed by atoms with Crippen molar-refractivity contribution in [3.63, 3.8) is 0 Å². The zero-order chi connectivity index (χ0) is 18.6. The minimum absolute atomic E-state index is 0. The maximum absolute atomic E-state index is 5.57.